The largest absolute Gasteiger partial charge is 0.465 e. The Hall–Kier alpha value is -2.04. The standard InChI is InChI=1S/C14H16N2O3/c17-12-7-9(5-6-15-12)13-11-4-2-1-3-10(11)8-16(13)14(18)19/h1-4,9,13H,5-8H2,(H,15,17)(H,18,19). The van der Waals surface area contributed by atoms with E-state index in [-0.39, 0.29) is 17.9 Å². The highest BCUT2D eigenvalue weighted by Crippen LogP contribution is 2.41. The van der Waals surface area contributed by atoms with Crippen molar-refractivity contribution in [1.29, 1.82) is 0 Å². The summed E-state index contributed by atoms with van der Waals surface area (Å²) in [6.45, 7) is 1.06. The highest BCUT2D eigenvalue weighted by molar-refractivity contribution is 5.77. The molecule has 100 valence electrons. The van der Waals surface area contributed by atoms with Gasteiger partial charge in [0, 0.05) is 19.5 Å². The van der Waals surface area contributed by atoms with Gasteiger partial charge in [0.1, 0.15) is 0 Å². The summed E-state index contributed by atoms with van der Waals surface area (Å²) in [4.78, 5) is 24.4. The number of piperidine rings is 1. The van der Waals surface area contributed by atoms with E-state index in [2.05, 4.69) is 5.32 Å². The molecule has 0 spiro atoms. The molecule has 2 atom stereocenters. The van der Waals surface area contributed by atoms with Crippen LogP contribution in [-0.2, 0) is 11.3 Å². The molecule has 3 rings (SSSR count). The smallest absolute Gasteiger partial charge is 0.408 e. The molecule has 0 aliphatic carbocycles. The molecular formula is C14H16N2O3. The van der Waals surface area contributed by atoms with Gasteiger partial charge in [0.25, 0.3) is 0 Å². The van der Waals surface area contributed by atoms with Crippen LogP contribution in [0.1, 0.15) is 30.0 Å². The monoisotopic (exact) mass is 260 g/mol. The third kappa shape index (κ3) is 2.05. The first-order chi connectivity index (χ1) is 9.16. The second kappa shape index (κ2) is 4.57. The van der Waals surface area contributed by atoms with Crippen molar-refractivity contribution in [3.63, 3.8) is 0 Å². The van der Waals surface area contributed by atoms with Crippen molar-refractivity contribution in [2.24, 2.45) is 5.92 Å². The molecule has 0 saturated carbocycles. The van der Waals surface area contributed by atoms with E-state index in [0.29, 0.717) is 19.5 Å². The van der Waals surface area contributed by atoms with Crippen molar-refractivity contribution in [2.45, 2.75) is 25.4 Å². The van der Waals surface area contributed by atoms with Gasteiger partial charge in [-0.15, -0.1) is 0 Å². The van der Waals surface area contributed by atoms with Crippen molar-refractivity contribution < 1.29 is 14.7 Å². The van der Waals surface area contributed by atoms with Gasteiger partial charge in [0.15, 0.2) is 0 Å². The summed E-state index contributed by atoms with van der Waals surface area (Å²) in [6, 6.07) is 7.62. The lowest BCUT2D eigenvalue weighted by Gasteiger charge is -2.32. The van der Waals surface area contributed by atoms with Crippen LogP contribution in [0, 0.1) is 5.92 Å². The summed E-state index contributed by atoms with van der Waals surface area (Å²) >= 11 is 0. The van der Waals surface area contributed by atoms with E-state index in [0.717, 1.165) is 17.5 Å². The molecule has 19 heavy (non-hydrogen) atoms. The molecule has 0 bridgehead atoms. The number of nitrogens with one attached hydrogen (secondary N) is 1. The van der Waals surface area contributed by atoms with Crippen molar-refractivity contribution >= 4 is 12.0 Å². The van der Waals surface area contributed by atoms with E-state index in [1.54, 1.807) is 0 Å². The maximum Gasteiger partial charge on any atom is 0.408 e. The summed E-state index contributed by atoms with van der Waals surface area (Å²) < 4.78 is 0. The van der Waals surface area contributed by atoms with Gasteiger partial charge in [0.05, 0.1) is 6.04 Å². The molecule has 1 aromatic carbocycles. The van der Waals surface area contributed by atoms with E-state index in [1.165, 1.54) is 4.90 Å². The lowest BCUT2D eigenvalue weighted by Crippen LogP contribution is -2.40. The fourth-order valence-electron chi connectivity index (χ4n) is 3.19. The lowest BCUT2D eigenvalue weighted by atomic mass is 9.85. The van der Waals surface area contributed by atoms with E-state index in [4.69, 9.17) is 0 Å². The first kappa shape index (κ1) is 12.0. The Morgan fingerprint density at radius 2 is 2.16 bits per heavy atom. The predicted octanol–water partition coefficient (Wildman–Crippen LogP) is 1.75. The number of fused-ring (bicyclic) bond motifs is 1. The molecule has 0 radical (unpaired) electrons. The van der Waals surface area contributed by atoms with Gasteiger partial charge >= 0.3 is 6.09 Å². The van der Waals surface area contributed by atoms with Crippen molar-refractivity contribution in [3.05, 3.63) is 35.4 Å². The Bertz CT molecular complexity index is 529. The number of carbonyl (C=O) groups is 2. The second-order valence-electron chi connectivity index (χ2n) is 5.16. The van der Waals surface area contributed by atoms with Crippen LogP contribution in [0.15, 0.2) is 24.3 Å². The van der Waals surface area contributed by atoms with Gasteiger partial charge in [-0.3, -0.25) is 9.69 Å². The molecule has 1 saturated heterocycles. The van der Waals surface area contributed by atoms with E-state index >= 15 is 0 Å². The number of nitrogens with zero attached hydrogens (tertiary/aromatic N) is 1. The fraction of sp³-hybridized carbons (Fsp3) is 0.429. The number of hydrogen-bond donors (Lipinski definition) is 2. The normalized spacial score (nSPS) is 25.9. The van der Waals surface area contributed by atoms with Gasteiger partial charge in [0.2, 0.25) is 5.91 Å². The van der Waals surface area contributed by atoms with Crippen LogP contribution in [0.4, 0.5) is 4.79 Å². The third-order valence-electron chi connectivity index (χ3n) is 4.03. The molecule has 5 nitrogen and oxygen atoms in total. The van der Waals surface area contributed by atoms with Crippen LogP contribution in [0.5, 0.6) is 0 Å². The molecule has 0 aromatic heterocycles. The Morgan fingerprint density at radius 1 is 1.37 bits per heavy atom. The molecule has 2 heterocycles. The summed E-state index contributed by atoms with van der Waals surface area (Å²) in [5.41, 5.74) is 2.12. The van der Waals surface area contributed by atoms with E-state index < -0.39 is 6.09 Å². The molecule has 2 unspecified atom stereocenters. The number of amides is 2. The average Bonchev–Trinajstić information content (AvgIpc) is 2.78. The third-order valence-corrected chi connectivity index (χ3v) is 4.03. The van der Waals surface area contributed by atoms with Crippen molar-refractivity contribution in [3.8, 4) is 0 Å². The van der Waals surface area contributed by atoms with Crippen LogP contribution < -0.4 is 5.32 Å². The molecule has 2 amide bonds. The SMILES string of the molecule is O=C1CC(C2c3ccccc3CN2C(=O)O)CCN1. The minimum absolute atomic E-state index is 0.0194. The second-order valence-corrected chi connectivity index (χ2v) is 5.16. The van der Waals surface area contributed by atoms with Crippen LogP contribution in [-0.4, -0.2) is 28.6 Å². The summed E-state index contributed by atoms with van der Waals surface area (Å²) in [5, 5.41) is 12.2. The zero-order chi connectivity index (χ0) is 13.4. The zero-order valence-electron chi connectivity index (χ0n) is 10.5. The van der Waals surface area contributed by atoms with Crippen molar-refractivity contribution in [1.82, 2.24) is 10.2 Å². The Balaban J connectivity index is 1.95. The van der Waals surface area contributed by atoms with Crippen LogP contribution >= 0.6 is 0 Å². The first-order valence-corrected chi connectivity index (χ1v) is 6.51. The number of carboxylic acid groups (broad SMARTS) is 1. The Labute approximate surface area is 111 Å². The topological polar surface area (TPSA) is 69.6 Å². The van der Waals surface area contributed by atoms with E-state index in [9.17, 15) is 14.7 Å². The number of rotatable bonds is 1. The Morgan fingerprint density at radius 3 is 2.89 bits per heavy atom. The van der Waals surface area contributed by atoms with Crippen molar-refractivity contribution in [2.75, 3.05) is 6.54 Å². The first-order valence-electron chi connectivity index (χ1n) is 6.51. The molecular weight excluding hydrogens is 244 g/mol. The molecule has 2 aliphatic rings. The molecule has 5 heteroatoms. The van der Waals surface area contributed by atoms with Gasteiger partial charge in [-0.2, -0.15) is 0 Å². The number of benzene rings is 1. The minimum Gasteiger partial charge on any atom is -0.465 e. The van der Waals surface area contributed by atoms with Gasteiger partial charge < -0.3 is 10.4 Å². The average molecular weight is 260 g/mol. The zero-order valence-corrected chi connectivity index (χ0v) is 10.5. The van der Waals surface area contributed by atoms with Gasteiger partial charge in [-0.1, -0.05) is 24.3 Å². The molecule has 2 N–H and O–H groups in total. The van der Waals surface area contributed by atoms with E-state index in [1.807, 2.05) is 24.3 Å². The molecule has 2 aliphatic heterocycles. The highest BCUT2D eigenvalue weighted by Gasteiger charge is 2.40. The summed E-state index contributed by atoms with van der Waals surface area (Å²) in [7, 11) is 0. The summed E-state index contributed by atoms with van der Waals surface area (Å²) in [5.74, 6) is 0.0967. The van der Waals surface area contributed by atoms with Gasteiger partial charge in [-0.05, 0) is 23.5 Å². The maximum absolute atomic E-state index is 11.5. The van der Waals surface area contributed by atoms with Crippen LogP contribution in [0.3, 0.4) is 0 Å². The molecule has 1 aromatic rings. The van der Waals surface area contributed by atoms with Crippen LogP contribution in [0.2, 0.25) is 0 Å². The predicted molar refractivity (Wildman–Crippen MR) is 68.5 cm³/mol. The minimum atomic E-state index is -0.910. The lowest BCUT2D eigenvalue weighted by molar-refractivity contribution is -0.124. The van der Waals surface area contributed by atoms with Crippen LogP contribution in [0.25, 0.3) is 0 Å². The highest BCUT2D eigenvalue weighted by atomic mass is 16.4. The molecule has 1 fully saturated rings. The van der Waals surface area contributed by atoms with Gasteiger partial charge in [-0.25, -0.2) is 4.79 Å². The number of hydrogen-bond acceptors (Lipinski definition) is 2. The summed E-state index contributed by atoms with van der Waals surface area (Å²) in [6.07, 6.45) is 0.323. The number of carbonyl (C=O) groups excluding carboxylic acids is 1. The fourth-order valence-corrected chi connectivity index (χ4v) is 3.19. The maximum atomic E-state index is 11.5. The Kier molecular flexibility index (Phi) is 2.89. The quantitative estimate of drug-likeness (QED) is 0.808.